The number of carboxylic acid groups (broad SMARTS) is 1. The highest BCUT2D eigenvalue weighted by Crippen LogP contribution is 2.15. The van der Waals surface area contributed by atoms with E-state index in [4.69, 9.17) is 0 Å². The molecule has 2 aromatic rings. The van der Waals surface area contributed by atoms with Gasteiger partial charge in [0.15, 0.2) is 6.04 Å². The summed E-state index contributed by atoms with van der Waals surface area (Å²) in [7, 11) is 0. The van der Waals surface area contributed by atoms with Crippen molar-refractivity contribution in [3.8, 4) is 0 Å². The number of hydrogen-bond donors (Lipinski definition) is 3. The number of amides is 1. The minimum absolute atomic E-state index is 0.0294. The van der Waals surface area contributed by atoms with E-state index in [2.05, 4.69) is 10.3 Å². The first-order valence-electron chi connectivity index (χ1n) is 7.25. The van der Waals surface area contributed by atoms with Crippen molar-refractivity contribution in [2.45, 2.75) is 25.9 Å². The van der Waals surface area contributed by atoms with Crippen molar-refractivity contribution in [2.75, 3.05) is 0 Å². The number of aryl methyl sites for hydroxylation is 2. The highest BCUT2D eigenvalue weighted by molar-refractivity contribution is 5.84. The third-order valence-corrected chi connectivity index (χ3v) is 3.40. The lowest BCUT2D eigenvalue weighted by atomic mass is 10.0. The molecule has 0 aliphatic heterocycles. The van der Waals surface area contributed by atoms with Crippen LogP contribution in [0.3, 0.4) is 0 Å². The number of aromatic amines is 1. The van der Waals surface area contributed by atoms with E-state index in [-0.39, 0.29) is 13.0 Å². The Kier molecular flexibility index (Phi) is 5.31. The zero-order valence-electron chi connectivity index (χ0n) is 13.0. The zero-order chi connectivity index (χ0) is 17.7. The van der Waals surface area contributed by atoms with Crippen LogP contribution in [0.2, 0.25) is 0 Å². The Hall–Kier alpha value is -3.16. The average Bonchev–Trinajstić information content (AvgIpc) is 2.51. The van der Waals surface area contributed by atoms with Crippen LogP contribution < -0.4 is 16.6 Å². The molecule has 0 bridgehead atoms. The first-order valence-corrected chi connectivity index (χ1v) is 7.25. The lowest BCUT2D eigenvalue weighted by Crippen LogP contribution is -2.35. The summed E-state index contributed by atoms with van der Waals surface area (Å²) in [4.78, 5) is 48.0. The average molecular weight is 331 g/mol. The summed E-state index contributed by atoms with van der Waals surface area (Å²) in [5.41, 5.74) is 0.208. The van der Waals surface area contributed by atoms with Crippen molar-refractivity contribution < 1.29 is 14.7 Å². The second-order valence-corrected chi connectivity index (χ2v) is 5.31. The zero-order valence-corrected chi connectivity index (χ0v) is 13.0. The fraction of sp³-hybridized carbons (Fsp3) is 0.250. The highest BCUT2D eigenvalue weighted by atomic mass is 16.4. The van der Waals surface area contributed by atoms with Gasteiger partial charge in [-0.25, -0.2) is 9.59 Å². The SMILES string of the molecule is Cc1cccc([C@H](NC(=O)CCn2ccc(=O)[nH]c2=O)C(=O)O)c1. The Labute approximate surface area is 136 Å². The maximum Gasteiger partial charge on any atom is 0.330 e. The molecule has 8 nitrogen and oxygen atoms in total. The summed E-state index contributed by atoms with van der Waals surface area (Å²) in [6.07, 6.45) is 1.19. The monoisotopic (exact) mass is 331 g/mol. The predicted octanol–water partition coefficient (Wildman–Crippen LogP) is 0.177. The van der Waals surface area contributed by atoms with E-state index in [1.54, 1.807) is 18.2 Å². The van der Waals surface area contributed by atoms with Gasteiger partial charge >= 0.3 is 11.7 Å². The molecule has 1 aromatic carbocycles. The van der Waals surface area contributed by atoms with Gasteiger partial charge in [0.25, 0.3) is 5.56 Å². The van der Waals surface area contributed by atoms with Gasteiger partial charge in [0, 0.05) is 25.2 Å². The summed E-state index contributed by atoms with van der Waals surface area (Å²) in [6.45, 7) is 1.86. The van der Waals surface area contributed by atoms with Gasteiger partial charge in [0.2, 0.25) is 5.91 Å². The molecular weight excluding hydrogens is 314 g/mol. The van der Waals surface area contributed by atoms with Crippen molar-refractivity contribution >= 4 is 11.9 Å². The summed E-state index contributed by atoms with van der Waals surface area (Å²) < 4.78 is 1.17. The number of benzene rings is 1. The van der Waals surface area contributed by atoms with Crippen molar-refractivity contribution in [1.82, 2.24) is 14.9 Å². The highest BCUT2D eigenvalue weighted by Gasteiger charge is 2.21. The molecule has 0 radical (unpaired) electrons. The second-order valence-electron chi connectivity index (χ2n) is 5.31. The van der Waals surface area contributed by atoms with E-state index in [0.29, 0.717) is 5.56 Å². The number of carbonyl (C=O) groups is 2. The van der Waals surface area contributed by atoms with E-state index in [1.807, 2.05) is 13.0 Å². The Balaban J connectivity index is 2.04. The Morgan fingerprint density at radius 2 is 2.04 bits per heavy atom. The molecule has 2 rings (SSSR count). The van der Waals surface area contributed by atoms with E-state index >= 15 is 0 Å². The molecule has 8 heteroatoms. The van der Waals surface area contributed by atoms with Crippen molar-refractivity contribution in [3.05, 3.63) is 68.5 Å². The molecule has 1 aromatic heterocycles. The van der Waals surface area contributed by atoms with Gasteiger partial charge in [-0.1, -0.05) is 29.8 Å². The Morgan fingerprint density at radius 1 is 1.29 bits per heavy atom. The molecule has 1 amide bonds. The van der Waals surface area contributed by atoms with Crippen molar-refractivity contribution in [1.29, 1.82) is 0 Å². The van der Waals surface area contributed by atoms with Crippen molar-refractivity contribution in [3.63, 3.8) is 0 Å². The van der Waals surface area contributed by atoms with Crippen LogP contribution in [0.4, 0.5) is 0 Å². The van der Waals surface area contributed by atoms with E-state index in [1.165, 1.54) is 16.8 Å². The van der Waals surface area contributed by atoms with Crippen LogP contribution in [0.1, 0.15) is 23.6 Å². The molecule has 0 aliphatic carbocycles. The molecule has 0 saturated heterocycles. The fourth-order valence-corrected chi connectivity index (χ4v) is 2.21. The number of rotatable bonds is 6. The van der Waals surface area contributed by atoms with Crippen LogP contribution in [0.25, 0.3) is 0 Å². The maximum absolute atomic E-state index is 12.0. The first kappa shape index (κ1) is 17.2. The molecule has 0 unspecified atom stereocenters. The van der Waals surface area contributed by atoms with Crippen molar-refractivity contribution in [2.24, 2.45) is 0 Å². The minimum atomic E-state index is -1.17. The third-order valence-electron chi connectivity index (χ3n) is 3.40. The lowest BCUT2D eigenvalue weighted by Gasteiger charge is -2.15. The van der Waals surface area contributed by atoms with Gasteiger partial charge in [0.1, 0.15) is 0 Å². The number of carboxylic acids is 1. The van der Waals surface area contributed by atoms with Crippen LogP contribution in [0.15, 0.2) is 46.1 Å². The minimum Gasteiger partial charge on any atom is -0.479 e. The lowest BCUT2D eigenvalue weighted by molar-refractivity contribution is -0.142. The predicted molar refractivity (Wildman–Crippen MR) is 85.6 cm³/mol. The van der Waals surface area contributed by atoms with Gasteiger partial charge in [-0.15, -0.1) is 0 Å². The topological polar surface area (TPSA) is 121 Å². The number of aromatic nitrogens is 2. The number of aliphatic carboxylic acids is 1. The van der Waals surface area contributed by atoms with Crippen LogP contribution in [-0.2, 0) is 16.1 Å². The molecule has 0 aliphatic rings. The number of H-pyrrole nitrogens is 1. The number of hydrogen-bond acceptors (Lipinski definition) is 4. The maximum atomic E-state index is 12.0. The molecule has 3 N–H and O–H groups in total. The standard InChI is InChI=1S/C16H17N3O5/c1-10-3-2-4-11(9-10)14(15(22)23)17-12(20)5-7-19-8-6-13(21)18-16(19)24/h2-4,6,8-9,14H,5,7H2,1H3,(H,17,20)(H,22,23)(H,18,21,24)/t14-/m0/s1. The summed E-state index contributed by atoms with van der Waals surface area (Å²) in [5.74, 6) is -1.68. The van der Waals surface area contributed by atoms with E-state index in [0.717, 1.165) is 5.56 Å². The third kappa shape index (κ3) is 4.42. The molecule has 1 atom stereocenters. The van der Waals surface area contributed by atoms with Crippen LogP contribution in [0, 0.1) is 6.92 Å². The fourth-order valence-electron chi connectivity index (χ4n) is 2.21. The molecule has 0 spiro atoms. The number of carbonyl (C=O) groups excluding carboxylic acids is 1. The van der Waals surface area contributed by atoms with Gasteiger partial charge in [0.05, 0.1) is 0 Å². The van der Waals surface area contributed by atoms with Crippen LogP contribution in [0.5, 0.6) is 0 Å². The van der Waals surface area contributed by atoms with E-state index < -0.39 is 29.2 Å². The largest absolute Gasteiger partial charge is 0.479 e. The number of nitrogens with zero attached hydrogens (tertiary/aromatic N) is 1. The van der Waals surface area contributed by atoms with Crippen LogP contribution in [-0.4, -0.2) is 26.5 Å². The summed E-state index contributed by atoms with van der Waals surface area (Å²) in [6, 6.07) is 6.86. The quantitative estimate of drug-likeness (QED) is 0.697. The smallest absolute Gasteiger partial charge is 0.330 e. The number of nitrogens with one attached hydrogen (secondary N) is 2. The normalized spacial score (nSPS) is 11.7. The molecule has 126 valence electrons. The Morgan fingerprint density at radius 3 is 2.67 bits per heavy atom. The first-order chi connectivity index (χ1) is 11.4. The second kappa shape index (κ2) is 7.40. The molecule has 0 fully saturated rings. The van der Waals surface area contributed by atoms with E-state index in [9.17, 15) is 24.3 Å². The Bertz CT molecular complexity index is 868. The molecule has 1 heterocycles. The van der Waals surface area contributed by atoms with Crippen LogP contribution >= 0.6 is 0 Å². The van der Waals surface area contributed by atoms with Gasteiger partial charge in [-0.2, -0.15) is 0 Å². The van der Waals surface area contributed by atoms with Gasteiger partial charge in [-0.05, 0) is 12.5 Å². The van der Waals surface area contributed by atoms with Gasteiger partial charge < -0.3 is 15.0 Å². The summed E-state index contributed by atoms with van der Waals surface area (Å²) >= 11 is 0. The summed E-state index contributed by atoms with van der Waals surface area (Å²) in [5, 5.41) is 11.8. The molecular formula is C16H17N3O5. The van der Waals surface area contributed by atoms with Gasteiger partial charge in [-0.3, -0.25) is 14.6 Å². The molecule has 0 saturated carbocycles. The molecule has 24 heavy (non-hydrogen) atoms.